The van der Waals surface area contributed by atoms with E-state index in [0.717, 1.165) is 6.07 Å². The number of benzene rings is 2. The molecule has 2 aromatic carbocycles. The molecular weight excluding hydrogens is 239 g/mol. The second-order valence-electron chi connectivity index (χ2n) is 4.13. The molecule has 0 aliphatic heterocycles. The Hall–Kier alpha value is -1.97. The van der Waals surface area contributed by atoms with Crippen molar-refractivity contribution in [2.24, 2.45) is 0 Å². The minimum Gasteiger partial charge on any atom is -0.375 e. The van der Waals surface area contributed by atoms with Crippen LogP contribution in [-0.4, -0.2) is 14.1 Å². The third-order valence-electron chi connectivity index (χ3n) is 2.70. The van der Waals surface area contributed by atoms with Gasteiger partial charge >= 0.3 is 0 Å². The highest BCUT2D eigenvalue weighted by Crippen LogP contribution is 2.31. The van der Waals surface area contributed by atoms with Crippen LogP contribution in [0.15, 0.2) is 36.4 Å². The van der Waals surface area contributed by atoms with Crippen molar-refractivity contribution in [1.82, 2.24) is 0 Å². The molecule has 0 amide bonds. The maximum absolute atomic E-state index is 14.2. The fraction of sp³-hybridized carbons (Fsp3) is 0.143. The molecule has 0 unspecified atom stereocenters. The molecule has 0 spiro atoms. The predicted molar refractivity (Wildman–Crippen MR) is 66.1 cm³/mol. The van der Waals surface area contributed by atoms with Gasteiger partial charge in [-0.15, -0.1) is 0 Å². The van der Waals surface area contributed by atoms with Gasteiger partial charge in [0.1, 0.15) is 0 Å². The van der Waals surface area contributed by atoms with Gasteiger partial charge in [0.25, 0.3) is 0 Å². The lowest BCUT2D eigenvalue weighted by Gasteiger charge is -2.16. The lowest BCUT2D eigenvalue weighted by atomic mass is 10.0. The Kier molecular flexibility index (Phi) is 3.28. The topological polar surface area (TPSA) is 3.24 Å². The van der Waals surface area contributed by atoms with Crippen LogP contribution in [0.1, 0.15) is 0 Å². The minimum atomic E-state index is -1.03. The maximum atomic E-state index is 14.2. The zero-order valence-corrected chi connectivity index (χ0v) is 10.0. The summed E-state index contributed by atoms with van der Waals surface area (Å²) in [7, 11) is 3.37. The molecule has 0 radical (unpaired) electrons. The first kappa shape index (κ1) is 12.5. The van der Waals surface area contributed by atoms with Crippen molar-refractivity contribution in [2.75, 3.05) is 19.0 Å². The molecule has 0 bridgehead atoms. The zero-order chi connectivity index (χ0) is 13.3. The van der Waals surface area contributed by atoms with Crippen LogP contribution in [0.2, 0.25) is 0 Å². The molecule has 2 aromatic rings. The van der Waals surface area contributed by atoms with Crippen molar-refractivity contribution >= 4 is 5.69 Å². The SMILES string of the molecule is CN(C)c1cccc(-c2cccc(F)c2F)c1F. The molecule has 0 heterocycles. The van der Waals surface area contributed by atoms with Crippen LogP contribution in [0.5, 0.6) is 0 Å². The lowest BCUT2D eigenvalue weighted by molar-refractivity contribution is 0.510. The molecule has 18 heavy (non-hydrogen) atoms. The smallest absolute Gasteiger partial charge is 0.166 e. The Morgan fingerprint density at radius 1 is 0.778 bits per heavy atom. The Balaban J connectivity index is 2.65. The quantitative estimate of drug-likeness (QED) is 0.784. The number of hydrogen-bond acceptors (Lipinski definition) is 1. The van der Waals surface area contributed by atoms with E-state index in [9.17, 15) is 13.2 Å². The van der Waals surface area contributed by atoms with Crippen LogP contribution >= 0.6 is 0 Å². The van der Waals surface area contributed by atoms with Gasteiger partial charge in [0.15, 0.2) is 17.5 Å². The van der Waals surface area contributed by atoms with Gasteiger partial charge in [-0.1, -0.05) is 24.3 Å². The fourth-order valence-electron chi connectivity index (χ4n) is 1.79. The molecule has 4 heteroatoms. The second-order valence-corrected chi connectivity index (χ2v) is 4.13. The van der Waals surface area contributed by atoms with Gasteiger partial charge in [-0.25, -0.2) is 13.2 Å². The molecule has 94 valence electrons. The van der Waals surface area contributed by atoms with E-state index in [2.05, 4.69) is 0 Å². The average Bonchev–Trinajstić information content (AvgIpc) is 2.33. The van der Waals surface area contributed by atoms with E-state index in [1.807, 2.05) is 0 Å². The molecule has 0 N–H and O–H groups in total. The van der Waals surface area contributed by atoms with Crippen molar-refractivity contribution in [3.8, 4) is 11.1 Å². The van der Waals surface area contributed by atoms with Gasteiger partial charge < -0.3 is 4.90 Å². The van der Waals surface area contributed by atoms with Crippen molar-refractivity contribution in [1.29, 1.82) is 0 Å². The van der Waals surface area contributed by atoms with Crippen molar-refractivity contribution in [3.05, 3.63) is 53.8 Å². The Labute approximate surface area is 103 Å². The van der Waals surface area contributed by atoms with E-state index >= 15 is 0 Å². The molecule has 0 saturated heterocycles. The molecule has 0 fully saturated rings. The highest BCUT2D eigenvalue weighted by Gasteiger charge is 2.16. The molecule has 0 saturated carbocycles. The van der Waals surface area contributed by atoms with Crippen LogP contribution in [0.25, 0.3) is 11.1 Å². The number of anilines is 1. The third kappa shape index (κ3) is 2.06. The van der Waals surface area contributed by atoms with Gasteiger partial charge in [-0.2, -0.15) is 0 Å². The summed E-state index contributed by atoms with van der Waals surface area (Å²) in [6.45, 7) is 0. The van der Waals surface area contributed by atoms with E-state index in [1.165, 1.54) is 18.2 Å². The summed E-state index contributed by atoms with van der Waals surface area (Å²) in [5.41, 5.74) is 0.311. The lowest BCUT2D eigenvalue weighted by Crippen LogP contribution is -2.11. The van der Waals surface area contributed by atoms with Gasteiger partial charge in [-0.3, -0.25) is 0 Å². The Morgan fingerprint density at radius 3 is 1.94 bits per heavy atom. The van der Waals surface area contributed by atoms with Crippen molar-refractivity contribution < 1.29 is 13.2 Å². The first-order chi connectivity index (χ1) is 8.52. The molecule has 2 rings (SSSR count). The molecule has 0 aromatic heterocycles. The number of halogens is 3. The zero-order valence-electron chi connectivity index (χ0n) is 10.0. The third-order valence-corrected chi connectivity index (χ3v) is 2.70. The second kappa shape index (κ2) is 4.72. The van der Waals surface area contributed by atoms with Gasteiger partial charge in [0, 0.05) is 25.2 Å². The van der Waals surface area contributed by atoms with E-state index < -0.39 is 17.5 Å². The summed E-state index contributed by atoms with van der Waals surface area (Å²) >= 11 is 0. The summed E-state index contributed by atoms with van der Waals surface area (Å²) in [5, 5.41) is 0. The van der Waals surface area contributed by atoms with Gasteiger partial charge in [-0.05, 0) is 12.1 Å². The normalized spacial score (nSPS) is 10.5. The fourth-order valence-corrected chi connectivity index (χ4v) is 1.79. The number of nitrogens with zero attached hydrogens (tertiary/aromatic N) is 1. The molecular formula is C14H12F3N. The van der Waals surface area contributed by atoms with Crippen LogP contribution in [0.4, 0.5) is 18.9 Å². The highest BCUT2D eigenvalue weighted by atomic mass is 19.2. The summed E-state index contributed by atoms with van der Waals surface area (Å²) in [4.78, 5) is 1.58. The number of rotatable bonds is 2. The van der Waals surface area contributed by atoms with E-state index in [4.69, 9.17) is 0 Å². The van der Waals surface area contributed by atoms with E-state index in [1.54, 1.807) is 31.1 Å². The summed E-state index contributed by atoms with van der Waals surface area (Å²) in [6, 6.07) is 8.34. The van der Waals surface area contributed by atoms with Gasteiger partial charge in [0.2, 0.25) is 0 Å². The predicted octanol–water partition coefficient (Wildman–Crippen LogP) is 3.84. The molecule has 0 atom stereocenters. The summed E-state index contributed by atoms with van der Waals surface area (Å²) in [5.74, 6) is -2.58. The first-order valence-corrected chi connectivity index (χ1v) is 5.42. The molecule has 0 aliphatic rings. The largest absolute Gasteiger partial charge is 0.375 e. The summed E-state index contributed by atoms with van der Waals surface area (Å²) < 4.78 is 41.0. The molecule has 1 nitrogen and oxygen atoms in total. The van der Waals surface area contributed by atoms with Crippen LogP contribution < -0.4 is 4.90 Å². The Bertz CT molecular complexity index is 579. The average molecular weight is 251 g/mol. The highest BCUT2D eigenvalue weighted by molar-refractivity contribution is 5.70. The van der Waals surface area contributed by atoms with Crippen molar-refractivity contribution in [2.45, 2.75) is 0 Å². The maximum Gasteiger partial charge on any atom is 0.166 e. The van der Waals surface area contributed by atoms with Crippen molar-refractivity contribution in [3.63, 3.8) is 0 Å². The van der Waals surface area contributed by atoms with Crippen LogP contribution in [-0.2, 0) is 0 Å². The molecule has 0 aliphatic carbocycles. The standard InChI is InChI=1S/C14H12F3N/c1-18(2)12-8-4-6-10(14(12)17)9-5-3-7-11(15)13(9)16/h3-8H,1-2H3. The van der Waals surface area contributed by atoms with Crippen LogP contribution in [0, 0.1) is 17.5 Å². The minimum absolute atomic E-state index is 0.0539. The van der Waals surface area contributed by atoms with Crippen LogP contribution in [0.3, 0.4) is 0 Å². The Morgan fingerprint density at radius 2 is 1.33 bits per heavy atom. The summed E-state index contributed by atoms with van der Waals surface area (Å²) in [6.07, 6.45) is 0. The van der Waals surface area contributed by atoms with Gasteiger partial charge in [0.05, 0.1) is 5.69 Å². The van der Waals surface area contributed by atoms with E-state index in [-0.39, 0.29) is 11.1 Å². The number of hydrogen-bond donors (Lipinski definition) is 0. The van der Waals surface area contributed by atoms with E-state index in [0.29, 0.717) is 5.69 Å². The first-order valence-electron chi connectivity index (χ1n) is 5.42. The monoisotopic (exact) mass is 251 g/mol.